The van der Waals surface area contributed by atoms with Crippen LogP contribution >= 0.6 is 0 Å². The first kappa shape index (κ1) is 40.6. The van der Waals surface area contributed by atoms with E-state index in [1.54, 1.807) is 44.5 Å². The van der Waals surface area contributed by atoms with Crippen LogP contribution in [0.25, 0.3) is 0 Å². The lowest BCUT2D eigenvalue weighted by molar-refractivity contribution is 0.404. The van der Waals surface area contributed by atoms with Gasteiger partial charge in [0.1, 0.15) is 0 Å². The van der Waals surface area contributed by atoms with Crippen molar-refractivity contribution in [1.29, 1.82) is 0 Å². The Kier molecular flexibility index (Phi) is 15.7. The molecule has 0 heterocycles. The molecule has 0 amide bonds. The lowest BCUT2D eigenvalue weighted by Gasteiger charge is -2.28. The Morgan fingerprint density at radius 3 is 1.04 bits per heavy atom. The summed E-state index contributed by atoms with van der Waals surface area (Å²) in [6.07, 6.45) is 13.3. The minimum Gasteiger partial charge on any atom is -0.0776 e. The van der Waals surface area contributed by atoms with E-state index in [0.29, 0.717) is 0 Å². The molecule has 0 bridgehead atoms. The Labute approximate surface area is 314 Å². The number of aryl methyl sites for hydroxylation is 3. The van der Waals surface area contributed by atoms with Gasteiger partial charge in [-0.2, -0.15) is 0 Å². The Morgan fingerprint density at radius 1 is 0.373 bits per heavy atom. The van der Waals surface area contributed by atoms with Gasteiger partial charge in [-0.15, -0.1) is 0 Å². The normalized spacial score (nSPS) is 20.0. The van der Waals surface area contributed by atoms with Gasteiger partial charge in [-0.05, 0) is 156 Å². The molecule has 0 spiro atoms. The molecule has 4 aromatic rings. The summed E-state index contributed by atoms with van der Waals surface area (Å²) in [4.78, 5) is 0. The van der Waals surface area contributed by atoms with Gasteiger partial charge in [0.25, 0.3) is 0 Å². The molecule has 0 nitrogen and oxygen atoms in total. The molecule has 0 radical (unpaired) electrons. The number of benzene rings is 4. The highest BCUT2D eigenvalue weighted by Crippen LogP contribution is 2.39. The van der Waals surface area contributed by atoms with Gasteiger partial charge in [0.05, 0.1) is 0 Å². The first-order valence-electron chi connectivity index (χ1n) is 20.4. The first-order valence-corrected chi connectivity index (χ1v) is 20.4. The van der Waals surface area contributed by atoms with Gasteiger partial charge in [-0.3, -0.25) is 0 Å². The van der Waals surface area contributed by atoms with E-state index in [1.165, 1.54) is 64.2 Å². The molecule has 0 N–H and O–H groups in total. The Hall–Kier alpha value is -3.12. The summed E-state index contributed by atoms with van der Waals surface area (Å²) in [6.45, 7) is 18.7. The second kappa shape index (κ2) is 19.6. The van der Waals surface area contributed by atoms with E-state index < -0.39 is 0 Å². The van der Waals surface area contributed by atoms with Crippen molar-refractivity contribution in [2.24, 2.45) is 29.6 Å². The molecule has 0 heteroatoms. The maximum Gasteiger partial charge on any atom is -0.0133 e. The Morgan fingerprint density at radius 2 is 0.686 bits per heavy atom. The van der Waals surface area contributed by atoms with Gasteiger partial charge < -0.3 is 0 Å². The average molecular weight is 685 g/mol. The molecule has 4 aromatic carbocycles. The molecule has 51 heavy (non-hydrogen) atoms. The van der Waals surface area contributed by atoms with Crippen LogP contribution in [-0.4, -0.2) is 0 Å². The zero-order valence-electron chi connectivity index (χ0n) is 32.9. The van der Waals surface area contributed by atoms with Crippen LogP contribution in [0.3, 0.4) is 0 Å². The number of hydrogen-bond donors (Lipinski definition) is 0. The van der Waals surface area contributed by atoms with Gasteiger partial charge in [0.2, 0.25) is 0 Å². The average Bonchev–Trinajstić information content (AvgIpc) is 3.77. The van der Waals surface area contributed by atoms with Crippen LogP contribution < -0.4 is 0 Å². The van der Waals surface area contributed by atoms with Crippen molar-refractivity contribution in [3.05, 3.63) is 142 Å². The Bertz CT molecular complexity index is 1520. The second-order valence-corrected chi connectivity index (χ2v) is 17.2. The lowest BCUT2D eigenvalue weighted by Crippen LogP contribution is -2.14. The molecule has 4 aliphatic rings. The van der Waals surface area contributed by atoms with Crippen LogP contribution in [-0.2, 0) is 32.1 Å². The highest BCUT2D eigenvalue weighted by molar-refractivity contribution is 5.36. The van der Waals surface area contributed by atoms with Crippen molar-refractivity contribution in [3.8, 4) is 0 Å². The molecule has 4 aliphatic carbocycles. The molecule has 3 unspecified atom stereocenters. The third-order valence-electron chi connectivity index (χ3n) is 12.5. The first-order chi connectivity index (χ1) is 24.1. The molecule has 3 atom stereocenters. The summed E-state index contributed by atoms with van der Waals surface area (Å²) in [5.74, 6) is 6.55. The van der Waals surface area contributed by atoms with E-state index in [4.69, 9.17) is 0 Å². The fourth-order valence-electron chi connectivity index (χ4n) is 9.31. The minimum atomic E-state index is 0. The van der Waals surface area contributed by atoms with Crippen LogP contribution in [0.1, 0.15) is 157 Å². The van der Waals surface area contributed by atoms with Gasteiger partial charge in [0, 0.05) is 0 Å². The molecule has 0 saturated heterocycles. The van der Waals surface area contributed by atoms with Gasteiger partial charge >= 0.3 is 0 Å². The predicted octanol–water partition coefficient (Wildman–Crippen LogP) is 14.6. The zero-order valence-corrected chi connectivity index (χ0v) is 32.9. The summed E-state index contributed by atoms with van der Waals surface area (Å²) in [7, 11) is 0. The summed E-state index contributed by atoms with van der Waals surface area (Å²) in [6, 6.07) is 35.7. The van der Waals surface area contributed by atoms with E-state index in [9.17, 15) is 0 Å². The maximum absolute atomic E-state index is 2.34. The fraction of sp³-hybridized carbons (Fsp3) is 0.529. The van der Waals surface area contributed by atoms with E-state index >= 15 is 0 Å². The second-order valence-electron chi connectivity index (χ2n) is 17.2. The molecular formula is C51H72. The zero-order chi connectivity index (χ0) is 35.6. The lowest BCUT2D eigenvalue weighted by atomic mass is 9.77. The molecular weight excluding hydrogens is 613 g/mol. The SMILES string of the molecule is C.CC(C)C1CCCc2ccccc21.CC(C)C1CCCc2ccccc21.CC(C)C1CCc2ccccc21.CC(C)C1Cc2ccccc2C1. The molecule has 0 aliphatic heterocycles. The van der Waals surface area contributed by atoms with Crippen molar-refractivity contribution in [3.63, 3.8) is 0 Å². The third-order valence-corrected chi connectivity index (χ3v) is 12.5. The van der Waals surface area contributed by atoms with Crippen molar-refractivity contribution in [2.45, 2.75) is 145 Å². The van der Waals surface area contributed by atoms with Crippen molar-refractivity contribution >= 4 is 0 Å². The summed E-state index contributed by atoms with van der Waals surface area (Å²) in [5.41, 5.74) is 12.8. The summed E-state index contributed by atoms with van der Waals surface area (Å²) < 4.78 is 0. The van der Waals surface area contributed by atoms with Crippen LogP contribution in [0.5, 0.6) is 0 Å². The Balaban J connectivity index is 0.000000152. The highest BCUT2D eigenvalue weighted by Gasteiger charge is 2.25. The highest BCUT2D eigenvalue weighted by atomic mass is 14.3. The number of fused-ring (bicyclic) bond motifs is 4. The summed E-state index contributed by atoms with van der Waals surface area (Å²) in [5, 5.41) is 0. The van der Waals surface area contributed by atoms with Crippen molar-refractivity contribution < 1.29 is 0 Å². The van der Waals surface area contributed by atoms with Crippen molar-refractivity contribution in [2.75, 3.05) is 0 Å². The van der Waals surface area contributed by atoms with E-state index in [-0.39, 0.29) is 7.43 Å². The van der Waals surface area contributed by atoms with E-state index in [0.717, 1.165) is 47.3 Å². The van der Waals surface area contributed by atoms with Gasteiger partial charge in [-0.25, -0.2) is 0 Å². The summed E-state index contributed by atoms with van der Waals surface area (Å²) >= 11 is 0. The monoisotopic (exact) mass is 685 g/mol. The molecule has 276 valence electrons. The van der Waals surface area contributed by atoms with Crippen LogP contribution in [0.4, 0.5) is 0 Å². The minimum absolute atomic E-state index is 0. The van der Waals surface area contributed by atoms with Crippen LogP contribution in [0.2, 0.25) is 0 Å². The number of rotatable bonds is 4. The predicted molar refractivity (Wildman–Crippen MR) is 225 cm³/mol. The fourth-order valence-corrected chi connectivity index (χ4v) is 9.31. The largest absolute Gasteiger partial charge is 0.0776 e. The van der Waals surface area contributed by atoms with Gasteiger partial charge in [-0.1, -0.05) is 160 Å². The number of hydrogen-bond acceptors (Lipinski definition) is 0. The molecule has 0 aromatic heterocycles. The van der Waals surface area contributed by atoms with E-state index in [1.807, 2.05) is 0 Å². The standard InChI is InChI=1S/2C13H18.2C12H16.CH4/c2*1-10(2)12-9-5-7-11-6-3-4-8-13(11)12;1-9(2)12-7-10-5-3-4-6-11(10)8-12;1-9(2)11-8-7-10-5-3-4-6-12(10)11;/h2*3-4,6,8,10,12H,5,7,9H2,1-2H3;3-6,9,12H,7-8H2,1-2H3;3-6,9,11H,7-8H2,1-2H3;1H4. The molecule has 0 saturated carbocycles. The van der Waals surface area contributed by atoms with Crippen LogP contribution in [0, 0.1) is 29.6 Å². The smallest absolute Gasteiger partial charge is 0.0133 e. The quantitative estimate of drug-likeness (QED) is 0.201. The van der Waals surface area contributed by atoms with Crippen molar-refractivity contribution in [1.82, 2.24) is 0 Å². The van der Waals surface area contributed by atoms with E-state index in [2.05, 4.69) is 152 Å². The topological polar surface area (TPSA) is 0 Å². The molecule has 8 rings (SSSR count). The maximum atomic E-state index is 2.34. The molecule has 0 fully saturated rings. The van der Waals surface area contributed by atoms with Crippen LogP contribution in [0.15, 0.2) is 97.1 Å². The third kappa shape index (κ3) is 10.7. The van der Waals surface area contributed by atoms with Gasteiger partial charge in [0.15, 0.2) is 0 Å².